The predicted molar refractivity (Wildman–Crippen MR) is 54.8 cm³/mol. The van der Waals surface area contributed by atoms with Crippen molar-refractivity contribution in [3.8, 4) is 0 Å². The molecule has 78 valence electrons. The molecule has 1 aromatic rings. The lowest BCUT2D eigenvalue weighted by Crippen LogP contribution is -2.22. The normalized spacial score (nSPS) is 19.3. The van der Waals surface area contributed by atoms with Gasteiger partial charge in [0.15, 0.2) is 0 Å². The van der Waals surface area contributed by atoms with Gasteiger partial charge < -0.3 is 5.11 Å². The average molecular weight is 194 g/mol. The molecule has 1 heterocycles. The van der Waals surface area contributed by atoms with Crippen LogP contribution in [0.15, 0.2) is 12.3 Å². The van der Waals surface area contributed by atoms with E-state index in [9.17, 15) is 5.11 Å². The summed E-state index contributed by atoms with van der Waals surface area (Å²) in [4.78, 5) is 0. The van der Waals surface area contributed by atoms with E-state index in [4.69, 9.17) is 0 Å². The summed E-state index contributed by atoms with van der Waals surface area (Å²) >= 11 is 0. The molecule has 1 N–H and O–H groups in total. The summed E-state index contributed by atoms with van der Waals surface area (Å²) in [6.45, 7) is 3.04. The second kappa shape index (κ2) is 4.13. The van der Waals surface area contributed by atoms with E-state index >= 15 is 0 Å². The molecule has 0 amide bonds. The van der Waals surface area contributed by atoms with Crippen LogP contribution in [0, 0.1) is 5.92 Å². The number of rotatable bonds is 4. The van der Waals surface area contributed by atoms with Crippen molar-refractivity contribution >= 4 is 0 Å². The third kappa shape index (κ3) is 1.69. The molecule has 0 radical (unpaired) electrons. The Balaban J connectivity index is 2.09. The average Bonchev–Trinajstić information content (AvgIpc) is 2.49. The Morgan fingerprint density at radius 2 is 2.43 bits per heavy atom. The van der Waals surface area contributed by atoms with Gasteiger partial charge in [0.05, 0.1) is 11.8 Å². The second-order valence-corrected chi connectivity index (χ2v) is 4.12. The molecular weight excluding hydrogens is 176 g/mol. The largest absolute Gasteiger partial charge is 0.387 e. The zero-order valence-electron chi connectivity index (χ0n) is 8.69. The van der Waals surface area contributed by atoms with Gasteiger partial charge >= 0.3 is 0 Å². The van der Waals surface area contributed by atoms with Gasteiger partial charge in [0.1, 0.15) is 0 Å². The molecular formula is C11H18N2O. The fourth-order valence-corrected chi connectivity index (χ4v) is 1.99. The Morgan fingerprint density at radius 3 is 3.00 bits per heavy atom. The van der Waals surface area contributed by atoms with Crippen LogP contribution in [0.25, 0.3) is 0 Å². The van der Waals surface area contributed by atoms with Crippen molar-refractivity contribution in [2.45, 2.75) is 45.3 Å². The number of hydrogen-bond acceptors (Lipinski definition) is 2. The first-order valence-corrected chi connectivity index (χ1v) is 5.52. The first-order chi connectivity index (χ1) is 6.83. The molecule has 3 heteroatoms. The molecule has 1 saturated carbocycles. The van der Waals surface area contributed by atoms with Crippen LogP contribution in [0.4, 0.5) is 0 Å². The molecule has 0 bridgehead atoms. The van der Waals surface area contributed by atoms with Gasteiger partial charge in [-0.2, -0.15) is 5.10 Å². The third-order valence-corrected chi connectivity index (χ3v) is 3.08. The minimum atomic E-state index is -0.294. The van der Waals surface area contributed by atoms with Crippen LogP contribution in [0.1, 0.15) is 44.4 Å². The SMILES string of the molecule is CCCn1nccc1C(O)C1CCC1. The van der Waals surface area contributed by atoms with Crippen LogP contribution in [0.5, 0.6) is 0 Å². The number of aryl methyl sites for hydroxylation is 1. The molecule has 0 spiro atoms. The van der Waals surface area contributed by atoms with E-state index in [0.29, 0.717) is 5.92 Å². The second-order valence-electron chi connectivity index (χ2n) is 4.12. The maximum Gasteiger partial charge on any atom is 0.0984 e. The van der Waals surface area contributed by atoms with Crippen LogP contribution in [-0.2, 0) is 6.54 Å². The Kier molecular flexibility index (Phi) is 2.87. The molecule has 2 rings (SSSR count). The molecule has 1 aromatic heterocycles. The molecule has 0 aromatic carbocycles. The van der Waals surface area contributed by atoms with E-state index in [-0.39, 0.29) is 6.10 Å². The fraction of sp³-hybridized carbons (Fsp3) is 0.727. The lowest BCUT2D eigenvalue weighted by molar-refractivity contribution is 0.0546. The van der Waals surface area contributed by atoms with Crippen molar-refractivity contribution in [2.24, 2.45) is 5.92 Å². The number of hydrogen-bond donors (Lipinski definition) is 1. The van der Waals surface area contributed by atoms with Gasteiger partial charge in [-0.25, -0.2) is 0 Å². The summed E-state index contributed by atoms with van der Waals surface area (Å²) in [5.74, 6) is 0.474. The first-order valence-electron chi connectivity index (χ1n) is 5.52. The van der Waals surface area contributed by atoms with Gasteiger partial charge in [0, 0.05) is 12.7 Å². The zero-order valence-corrected chi connectivity index (χ0v) is 8.69. The number of aliphatic hydroxyl groups excluding tert-OH is 1. The maximum atomic E-state index is 10.1. The van der Waals surface area contributed by atoms with Gasteiger partial charge in [-0.15, -0.1) is 0 Å². The minimum Gasteiger partial charge on any atom is -0.387 e. The van der Waals surface area contributed by atoms with E-state index in [2.05, 4.69) is 12.0 Å². The van der Waals surface area contributed by atoms with Crippen molar-refractivity contribution in [3.05, 3.63) is 18.0 Å². The summed E-state index contributed by atoms with van der Waals surface area (Å²) < 4.78 is 1.93. The first kappa shape index (κ1) is 9.71. The van der Waals surface area contributed by atoms with E-state index < -0.39 is 0 Å². The van der Waals surface area contributed by atoms with Gasteiger partial charge in [-0.1, -0.05) is 13.3 Å². The van der Waals surface area contributed by atoms with Crippen molar-refractivity contribution in [3.63, 3.8) is 0 Å². The van der Waals surface area contributed by atoms with Crippen LogP contribution >= 0.6 is 0 Å². The van der Waals surface area contributed by atoms with E-state index in [1.165, 1.54) is 19.3 Å². The van der Waals surface area contributed by atoms with Crippen LogP contribution < -0.4 is 0 Å². The van der Waals surface area contributed by atoms with Crippen LogP contribution in [-0.4, -0.2) is 14.9 Å². The molecule has 1 atom stereocenters. The fourth-order valence-electron chi connectivity index (χ4n) is 1.99. The van der Waals surface area contributed by atoms with Gasteiger partial charge in [-0.05, 0) is 31.2 Å². The monoisotopic (exact) mass is 194 g/mol. The topological polar surface area (TPSA) is 38.0 Å². The molecule has 0 saturated heterocycles. The highest BCUT2D eigenvalue weighted by Gasteiger charge is 2.28. The number of nitrogens with zero attached hydrogens (tertiary/aromatic N) is 2. The molecule has 1 aliphatic carbocycles. The van der Waals surface area contributed by atoms with E-state index in [1.54, 1.807) is 6.20 Å². The lowest BCUT2D eigenvalue weighted by Gasteiger charge is -2.30. The van der Waals surface area contributed by atoms with Crippen molar-refractivity contribution in [2.75, 3.05) is 0 Å². The third-order valence-electron chi connectivity index (χ3n) is 3.08. The van der Waals surface area contributed by atoms with E-state index in [0.717, 1.165) is 18.7 Å². The Morgan fingerprint density at radius 1 is 1.64 bits per heavy atom. The summed E-state index contributed by atoms with van der Waals surface area (Å²) in [6, 6.07) is 1.94. The Labute approximate surface area is 84.7 Å². The zero-order chi connectivity index (χ0) is 9.97. The summed E-state index contributed by atoms with van der Waals surface area (Å²) in [6.07, 6.45) is 6.15. The minimum absolute atomic E-state index is 0.294. The van der Waals surface area contributed by atoms with Crippen molar-refractivity contribution in [1.82, 2.24) is 9.78 Å². The number of aliphatic hydroxyl groups is 1. The predicted octanol–water partition coefficient (Wildman–Crippen LogP) is 2.13. The highest BCUT2D eigenvalue weighted by atomic mass is 16.3. The Hall–Kier alpha value is -0.830. The molecule has 14 heavy (non-hydrogen) atoms. The molecule has 0 aliphatic heterocycles. The highest BCUT2D eigenvalue weighted by molar-refractivity contribution is 5.07. The lowest BCUT2D eigenvalue weighted by atomic mass is 9.80. The van der Waals surface area contributed by atoms with Crippen molar-refractivity contribution in [1.29, 1.82) is 0 Å². The maximum absolute atomic E-state index is 10.1. The molecule has 1 fully saturated rings. The van der Waals surface area contributed by atoms with Gasteiger partial charge in [0.25, 0.3) is 0 Å². The summed E-state index contributed by atoms with van der Waals surface area (Å²) in [7, 11) is 0. The van der Waals surface area contributed by atoms with Crippen LogP contribution in [0.2, 0.25) is 0 Å². The number of aromatic nitrogens is 2. The summed E-state index contributed by atoms with van der Waals surface area (Å²) in [5, 5.41) is 14.3. The summed E-state index contributed by atoms with van der Waals surface area (Å²) in [5.41, 5.74) is 0.997. The molecule has 1 unspecified atom stereocenters. The van der Waals surface area contributed by atoms with Crippen LogP contribution in [0.3, 0.4) is 0 Å². The quantitative estimate of drug-likeness (QED) is 0.797. The Bertz CT molecular complexity index is 291. The van der Waals surface area contributed by atoms with Crippen molar-refractivity contribution < 1.29 is 5.11 Å². The van der Waals surface area contributed by atoms with E-state index in [1.807, 2.05) is 10.7 Å². The standard InChI is InChI=1S/C11H18N2O/c1-2-8-13-10(6-7-12-13)11(14)9-4-3-5-9/h6-7,9,11,14H,2-5,8H2,1H3. The van der Waals surface area contributed by atoms with Gasteiger partial charge in [-0.3, -0.25) is 4.68 Å². The highest BCUT2D eigenvalue weighted by Crippen LogP contribution is 2.37. The smallest absolute Gasteiger partial charge is 0.0984 e. The van der Waals surface area contributed by atoms with Gasteiger partial charge in [0.2, 0.25) is 0 Å². The molecule has 3 nitrogen and oxygen atoms in total. The molecule has 1 aliphatic rings.